The van der Waals surface area contributed by atoms with Crippen molar-refractivity contribution in [3.8, 4) is 0 Å². The third-order valence-corrected chi connectivity index (χ3v) is 4.05. The second-order valence-electron chi connectivity index (χ2n) is 4.82. The number of piperidine rings is 1. The lowest BCUT2D eigenvalue weighted by Gasteiger charge is -2.39. The standard InChI is InChI=1S/C12H19NO3/c1-13-8-4-3-5-9(13)11(12(15)16-2)10(14)7-6-8/h8-9,11H,3-7H2,1-2H3. The maximum Gasteiger partial charge on any atom is 0.317 e. The van der Waals surface area contributed by atoms with Gasteiger partial charge in [-0.1, -0.05) is 6.42 Å². The predicted octanol–water partition coefficient (Wildman–Crippen LogP) is 0.991. The molecular weight excluding hydrogens is 206 g/mol. The lowest BCUT2D eigenvalue weighted by Crippen LogP contribution is -2.49. The van der Waals surface area contributed by atoms with Gasteiger partial charge in [0.2, 0.25) is 0 Å². The number of rotatable bonds is 1. The molecule has 0 aromatic heterocycles. The van der Waals surface area contributed by atoms with Crippen LogP contribution < -0.4 is 0 Å². The Morgan fingerprint density at radius 3 is 2.81 bits per heavy atom. The molecule has 0 N–H and O–H groups in total. The summed E-state index contributed by atoms with van der Waals surface area (Å²) >= 11 is 0. The van der Waals surface area contributed by atoms with Gasteiger partial charge in [0.15, 0.2) is 0 Å². The van der Waals surface area contributed by atoms with Crippen LogP contribution in [0.15, 0.2) is 0 Å². The first-order chi connectivity index (χ1) is 7.65. The molecule has 2 heterocycles. The molecule has 90 valence electrons. The summed E-state index contributed by atoms with van der Waals surface area (Å²) in [4.78, 5) is 25.9. The Bertz CT molecular complexity index is 303. The second-order valence-corrected chi connectivity index (χ2v) is 4.82. The number of hydrogen-bond acceptors (Lipinski definition) is 4. The number of hydrogen-bond donors (Lipinski definition) is 0. The average molecular weight is 225 g/mol. The predicted molar refractivity (Wildman–Crippen MR) is 58.9 cm³/mol. The number of ketones is 1. The van der Waals surface area contributed by atoms with Crippen molar-refractivity contribution in [2.45, 2.75) is 44.2 Å². The number of esters is 1. The first-order valence-corrected chi connectivity index (χ1v) is 5.97. The van der Waals surface area contributed by atoms with Gasteiger partial charge in [-0.15, -0.1) is 0 Å². The molecule has 0 aromatic rings. The van der Waals surface area contributed by atoms with E-state index in [9.17, 15) is 9.59 Å². The van der Waals surface area contributed by atoms with Gasteiger partial charge in [-0.05, 0) is 26.3 Å². The molecule has 2 bridgehead atoms. The van der Waals surface area contributed by atoms with E-state index in [4.69, 9.17) is 4.74 Å². The highest BCUT2D eigenvalue weighted by Crippen LogP contribution is 2.33. The number of Topliss-reactive ketones (excluding diaryl/α,β-unsaturated/α-hetero) is 1. The number of ether oxygens (including phenoxy) is 1. The molecule has 0 amide bonds. The molecule has 0 aromatic carbocycles. The molecule has 0 aliphatic carbocycles. The van der Waals surface area contributed by atoms with E-state index in [2.05, 4.69) is 4.90 Å². The molecule has 2 fully saturated rings. The second kappa shape index (κ2) is 4.53. The normalized spacial score (nSPS) is 35.6. The van der Waals surface area contributed by atoms with Crippen molar-refractivity contribution in [3.05, 3.63) is 0 Å². The van der Waals surface area contributed by atoms with E-state index in [-0.39, 0.29) is 17.8 Å². The van der Waals surface area contributed by atoms with E-state index < -0.39 is 5.92 Å². The molecule has 2 aliphatic rings. The number of carbonyl (C=O) groups is 2. The molecular formula is C12H19NO3. The molecule has 4 nitrogen and oxygen atoms in total. The van der Waals surface area contributed by atoms with Crippen LogP contribution in [0, 0.1) is 5.92 Å². The van der Waals surface area contributed by atoms with Gasteiger partial charge in [0.05, 0.1) is 7.11 Å². The topological polar surface area (TPSA) is 46.6 Å². The van der Waals surface area contributed by atoms with Gasteiger partial charge in [0.1, 0.15) is 11.7 Å². The van der Waals surface area contributed by atoms with Gasteiger partial charge in [0, 0.05) is 18.5 Å². The van der Waals surface area contributed by atoms with Crippen molar-refractivity contribution in [1.29, 1.82) is 0 Å². The Labute approximate surface area is 95.9 Å². The minimum absolute atomic E-state index is 0.0567. The number of carbonyl (C=O) groups excluding carboxylic acids is 2. The smallest absolute Gasteiger partial charge is 0.317 e. The molecule has 4 heteroatoms. The Balaban J connectivity index is 2.26. The van der Waals surface area contributed by atoms with Crippen LogP contribution in [0.1, 0.15) is 32.1 Å². The highest BCUT2D eigenvalue weighted by Gasteiger charge is 2.43. The molecule has 0 saturated carbocycles. The summed E-state index contributed by atoms with van der Waals surface area (Å²) < 4.78 is 4.77. The Morgan fingerprint density at radius 1 is 1.38 bits per heavy atom. The fraction of sp³-hybridized carbons (Fsp3) is 0.833. The maximum absolute atomic E-state index is 12.0. The summed E-state index contributed by atoms with van der Waals surface area (Å²) in [6.45, 7) is 0. The summed E-state index contributed by atoms with van der Waals surface area (Å²) in [7, 11) is 3.39. The minimum atomic E-state index is -0.555. The van der Waals surface area contributed by atoms with E-state index in [0.717, 1.165) is 25.7 Å². The quantitative estimate of drug-likeness (QED) is 0.493. The fourth-order valence-electron chi connectivity index (χ4n) is 3.08. The fourth-order valence-corrected chi connectivity index (χ4v) is 3.08. The lowest BCUT2D eigenvalue weighted by molar-refractivity contribution is -0.152. The number of nitrogens with zero attached hydrogens (tertiary/aromatic N) is 1. The average Bonchev–Trinajstić information content (AvgIpc) is 2.37. The first-order valence-electron chi connectivity index (χ1n) is 5.97. The zero-order valence-electron chi connectivity index (χ0n) is 9.94. The van der Waals surface area contributed by atoms with E-state index in [1.165, 1.54) is 7.11 Å². The van der Waals surface area contributed by atoms with Crippen LogP contribution in [0.25, 0.3) is 0 Å². The monoisotopic (exact) mass is 225 g/mol. The van der Waals surface area contributed by atoms with Crippen molar-refractivity contribution < 1.29 is 14.3 Å². The lowest BCUT2D eigenvalue weighted by atomic mass is 9.88. The molecule has 0 radical (unpaired) electrons. The first kappa shape index (κ1) is 11.6. The van der Waals surface area contributed by atoms with Gasteiger partial charge in [-0.2, -0.15) is 0 Å². The largest absolute Gasteiger partial charge is 0.468 e. The van der Waals surface area contributed by atoms with Crippen LogP contribution in [0.3, 0.4) is 0 Å². The number of fused-ring (bicyclic) bond motifs is 2. The van der Waals surface area contributed by atoms with Gasteiger partial charge in [0.25, 0.3) is 0 Å². The van der Waals surface area contributed by atoms with Crippen molar-refractivity contribution in [2.24, 2.45) is 5.92 Å². The van der Waals surface area contributed by atoms with Crippen LogP contribution in [0.5, 0.6) is 0 Å². The van der Waals surface area contributed by atoms with E-state index >= 15 is 0 Å². The highest BCUT2D eigenvalue weighted by molar-refractivity contribution is 6.00. The van der Waals surface area contributed by atoms with Gasteiger partial charge in [-0.3, -0.25) is 14.5 Å². The zero-order chi connectivity index (χ0) is 11.7. The highest BCUT2D eigenvalue weighted by atomic mass is 16.5. The Hall–Kier alpha value is -0.900. The SMILES string of the molecule is COC(=O)C1C(=O)CCC2CCCC1N2C. The summed E-state index contributed by atoms with van der Waals surface area (Å²) in [6.07, 6.45) is 4.59. The van der Waals surface area contributed by atoms with E-state index in [0.29, 0.717) is 12.5 Å². The van der Waals surface area contributed by atoms with Crippen molar-refractivity contribution in [3.63, 3.8) is 0 Å². The van der Waals surface area contributed by atoms with E-state index in [1.54, 1.807) is 0 Å². The molecule has 3 unspecified atom stereocenters. The van der Waals surface area contributed by atoms with Crippen LogP contribution >= 0.6 is 0 Å². The van der Waals surface area contributed by atoms with Crippen molar-refractivity contribution in [2.75, 3.05) is 14.2 Å². The molecule has 2 aliphatic heterocycles. The van der Waals surface area contributed by atoms with Crippen molar-refractivity contribution in [1.82, 2.24) is 4.90 Å². The van der Waals surface area contributed by atoms with Crippen molar-refractivity contribution >= 4 is 11.8 Å². The van der Waals surface area contributed by atoms with E-state index in [1.807, 2.05) is 7.05 Å². The summed E-state index contributed by atoms with van der Waals surface area (Å²) in [5, 5.41) is 0. The van der Waals surface area contributed by atoms with Gasteiger partial charge < -0.3 is 4.74 Å². The van der Waals surface area contributed by atoms with Crippen LogP contribution in [-0.2, 0) is 14.3 Å². The molecule has 2 rings (SSSR count). The zero-order valence-corrected chi connectivity index (χ0v) is 9.94. The summed E-state index contributed by atoms with van der Waals surface area (Å²) in [6, 6.07) is 0.526. The maximum atomic E-state index is 12.0. The Morgan fingerprint density at radius 2 is 2.12 bits per heavy atom. The van der Waals surface area contributed by atoms with Crippen LogP contribution in [0.2, 0.25) is 0 Å². The third kappa shape index (κ3) is 1.86. The van der Waals surface area contributed by atoms with Gasteiger partial charge in [-0.25, -0.2) is 0 Å². The molecule has 2 saturated heterocycles. The minimum Gasteiger partial charge on any atom is -0.468 e. The van der Waals surface area contributed by atoms with Crippen LogP contribution in [-0.4, -0.2) is 42.9 Å². The summed E-state index contributed by atoms with van der Waals surface area (Å²) in [5.41, 5.74) is 0. The Kier molecular flexibility index (Phi) is 3.28. The third-order valence-electron chi connectivity index (χ3n) is 4.05. The molecule has 3 atom stereocenters. The molecule has 16 heavy (non-hydrogen) atoms. The number of methoxy groups -OCH3 is 1. The van der Waals surface area contributed by atoms with Gasteiger partial charge >= 0.3 is 5.97 Å². The molecule has 0 spiro atoms. The summed E-state index contributed by atoms with van der Waals surface area (Å²) in [5.74, 6) is -0.849. The van der Waals surface area contributed by atoms with Crippen LogP contribution in [0.4, 0.5) is 0 Å².